The first-order valence-corrected chi connectivity index (χ1v) is 6.39. The van der Waals surface area contributed by atoms with Crippen LogP contribution in [0.2, 0.25) is 10.0 Å². The Balaban J connectivity index is 2.02. The lowest BCUT2D eigenvalue weighted by Gasteiger charge is -2.01. The first kappa shape index (κ1) is 14.4. The van der Waals surface area contributed by atoms with Gasteiger partial charge < -0.3 is 5.11 Å². The van der Waals surface area contributed by atoms with Crippen molar-refractivity contribution in [1.29, 1.82) is 0 Å². The van der Waals surface area contributed by atoms with Crippen LogP contribution in [0.1, 0.15) is 15.9 Å². The van der Waals surface area contributed by atoms with Gasteiger partial charge >= 0.3 is 5.97 Å². The molecule has 0 radical (unpaired) electrons. The Labute approximate surface area is 125 Å². The highest BCUT2D eigenvalue weighted by atomic mass is 35.5. The lowest BCUT2D eigenvalue weighted by atomic mass is 10.2. The monoisotopic (exact) mass is 308 g/mol. The quantitative estimate of drug-likeness (QED) is 0.659. The number of nitrogens with zero attached hydrogens (tertiary/aromatic N) is 1. The third-order valence-corrected chi connectivity index (χ3v) is 3.22. The van der Waals surface area contributed by atoms with Crippen LogP contribution in [0.25, 0.3) is 0 Å². The molecule has 2 aromatic rings. The maximum Gasteiger partial charge on any atom is 0.335 e. The van der Waals surface area contributed by atoms with Crippen molar-refractivity contribution in [3.05, 3.63) is 63.6 Å². The van der Waals surface area contributed by atoms with E-state index in [1.807, 2.05) is 0 Å². The highest BCUT2D eigenvalue weighted by Crippen LogP contribution is 2.21. The molecule has 0 fully saturated rings. The zero-order chi connectivity index (χ0) is 14.5. The van der Waals surface area contributed by atoms with Crippen LogP contribution >= 0.6 is 23.2 Å². The number of hydrogen-bond acceptors (Lipinski definition) is 3. The molecule has 0 bridgehead atoms. The molecule has 0 heterocycles. The summed E-state index contributed by atoms with van der Waals surface area (Å²) in [5, 5.41) is 13.8. The second-order valence-electron chi connectivity index (χ2n) is 3.93. The minimum atomic E-state index is -0.962. The molecule has 4 nitrogen and oxygen atoms in total. The van der Waals surface area contributed by atoms with Crippen LogP contribution in [0.15, 0.2) is 47.6 Å². The van der Waals surface area contributed by atoms with E-state index in [4.69, 9.17) is 28.3 Å². The minimum absolute atomic E-state index is 0.226. The molecule has 0 atom stereocenters. The minimum Gasteiger partial charge on any atom is -0.478 e. The number of hydrogen-bond donors (Lipinski definition) is 2. The Morgan fingerprint density at radius 2 is 1.80 bits per heavy atom. The maximum atomic E-state index is 10.7. The van der Waals surface area contributed by atoms with Gasteiger partial charge in [-0.25, -0.2) is 4.79 Å². The summed E-state index contributed by atoms with van der Waals surface area (Å²) < 4.78 is 0. The maximum absolute atomic E-state index is 10.7. The zero-order valence-electron chi connectivity index (χ0n) is 10.2. The molecule has 0 aliphatic carbocycles. The topological polar surface area (TPSA) is 61.7 Å². The molecule has 0 unspecified atom stereocenters. The summed E-state index contributed by atoms with van der Waals surface area (Å²) in [5.74, 6) is -0.962. The molecule has 0 amide bonds. The third kappa shape index (κ3) is 3.73. The number of benzene rings is 2. The molecule has 0 saturated carbocycles. The van der Waals surface area contributed by atoms with Crippen LogP contribution in [0.5, 0.6) is 0 Å². The van der Waals surface area contributed by atoms with Gasteiger partial charge in [-0.15, -0.1) is 0 Å². The average molecular weight is 309 g/mol. The second kappa shape index (κ2) is 6.41. The molecule has 2 aromatic carbocycles. The summed E-state index contributed by atoms with van der Waals surface area (Å²) in [6.07, 6.45) is 1.59. The van der Waals surface area contributed by atoms with E-state index < -0.39 is 5.97 Å². The number of carbonyl (C=O) groups is 1. The normalized spacial score (nSPS) is 10.7. The predicted molar refractivity (Wildman–Crippen MR) is 81.1 cm³/mol. The molecule has 0 saturated heterocycles. The van der Waals surface area contributed by atoms with E-state index in [1.165, 1.54) is 12.1 Å². The highest BCUT2D eigenvalue weighted by Gasteiger charge is 2.01. The SMILES string of the molecule is O=C(O)c1ccc(N/N=C/c2ccc(Cl)c(Cl)c2)cc1. The highest BCUT2D eigenvalue weighted by molar-refractivity contribution is 6.42. The van der Waals surface area contributed by atoms with Crippen molar-refractivity contribution in [2.24, 2.45) is 5.10 Å². The van der Waals surface area contributed by atoms with Crippen molar-refractivity contribution in [2.75, 3.05) is 5.43 Å². The fourth-order valence-electron chi connectivity index (χ4n) is 1.46. The summed E-state index contributed by atoms with van der Waals surface area (Å²) in [5.41, 5.74) is 4.51. The molecule has 0 aliphatic heterocycles. The average Bonchev–Trinajstić information content (AvgIpc) is 2.43. The van der Waals surface area contributed by atoms with Crippen LogP contribution < -0.4 is 5.43 Å². The van der Waals surface area contributed by atoms with Gasteiger partial charge in [0.15, 0.2) is 0 Å². The van der Waals surface area contributed by atoms with E-state index in [0.717, 1.165) is 5.56 Å². The Kier molecular flexibility index (Phi) is 4.61. The smallest absolute Gasteiger partial charge is 0.335 e. The predicted octanol–water partition coefficient (Wildman–Crippen LogP) is 4.14. The van der Waals surface area contributed by atoms with E-state index >= 15 is 0 Å². The first-order chi connectivity index (χ1) is 9.56. The van der Waals surface area contributed by atoms with Crippen molar-refractivity contribution in [3.8, 4) is 0 Å². The van der Waals surface area contributed by atoms with E-state index in [-0.39, 0.29) is 5.56 Å². The molecular formula is C14H10Cl2N2O2. The lowest BCUT2D eigenvalue weighted by molar-refractivity contribution is 0.0697. The fraction of sp³-hybridized carbons (Fsp3) is 0. The van der Waals surface area contributed by atoms with E-state index in [0.29, 0.717) is 15.7 Å². The summed E-state index contributed by atoms with van der Waals surface area (Å²) >= 11 is 11.7. The third-order valence-electron chi connectivity index (χ3n) is 2.48. The number of aromatic carboxylic acids is 1. The van der Waals surface area contributed by atoms with Gasteiger partial charge in [0.05, 0.1) is 27.5 Å². The van der Waals surface area contributed by atoms with Crippen LogP contribution in [0.4, 0.5) is 5.69 Å². The summed E-state index contributed by atoms with van der Waals surface area (Å²) in [7, 11) is 0. The molecule has 6 heteroatoms. The van der Waals surface area contributed by atoms with Crippen molar-refractivity contribution in [1.82, 2.24) is 0 Å². The lowest BCUT2D eigenvalue weighted by Crippen LogP contribution is -1.96. The Hall–Kier alpha value is -2.04. The van der Waals surface area contributed by atoms with Crippen molar-refractivity contribution in [3.63, 3.8) is 0 Å². The number of carboxylic acid groups (broad SMARTS) is 1. The molecule has 2 rings (SSSR count). The van der Waals surface area contributed by atoms with Gasteiger partial charge in [0.2, 0.25) is 0 Å². The number of anilines is 1. The van der Waals surface area contributed by atoms with Gasteiger partial charge in [0.25, 0.3) is 0 Å². The van der Waals surface area contributed by atoms with E-state index in [1.54, 1.807) is 36.5 Å². The second-order valence-corrected chi connectivity index (χ2v) is 4.74. The van der Waals surface area contributed by atoms with Crippen LogP contribution in [0.3, 0.4) is 0 Å². The molecule has 2 N–H and O–H groups in total. The van der Waals surface area contributed by atoms with Crippen molar-refractivity contribution < 1.29 is 9.90 Å². The van der Waals surface area contributed by atoms with E-state index in [9.17, 15) is 4.79 Å². The number of halogens is 2. The molecule has 0 aromatic heterocycles. The Morgan fingerprint density at radius 3 is 2.40 bits per heavy atom. The zero-order valence-corrected chi connectivity index (χ0v) is 11.7. The van der Waals surface area contributed by atoms with Crippen LogP contribution in [-0.4, -0.2) is 17.3 Å². The Morgan fingerprint density at radius 1 is 1.10 bits per heavy atom. The Bertz CT molecular complexity index is 655. The largest absolute Gasteiger partial charge is 0.478 e. The first-order valence-electron chi connectivity index (χ1n) is 5.64. The number of carboxylic acids is 1. The number of nitrogens with one attached hydrogen (secondary N) is 1. The summed E-state index contributed by atoms with van der Waals surface area (Å²) in [4.78, 5) is 10.7. The van der Waals surface area contributed by atoms with Crippen molar-refractivity contribution >= 4 is 41.1 Å². The van der Waals surface area contributed by atoms with Crippen LogP contribution in [0, 0.1) is 0 Å². The van der Waals surface area contributed by atoms with Gasteiger partial charge in [0, 0.05) is 0 Å². The van der Waals surface area contributed by atoms with Gasteiger partial charge in [0.1, 0.15) is 0 Å². The molecular weight excluding hydrogens is 299 g/mol. The van der Waals surface area contributed by atoms with Crippen LogP contribution in [-0.2, 0) is 0 Å². The fourth-order valence-corrected chi connectivity index (χ4v) is 1.77. The van der Waals surface area contributed by atoms with Gasteiger partial charge in [-0.2, -0.15) is 5.10 Å². The molecule has 102 valence electrons. The van der Waals surface area contributed by atoms with Crippen molar-refractivity contribution in [2.45, 2.75) is 0 Å². The molecule has 0 spiro atoms. The number of hydrazone groups is 1. The number of rotatable bonds is 4. The summed E-state index contributed by atoms with van der Waals surface area (Å²) in [6.45, 7) is 0. The molecule has 20 heavy (non-hydrogen) atoms. The van der Waals surface area contributed by atoms with Gasteiger partial charge in [-0.3, -0.25) is 5.43 Å². The van der Waals surface area contributed by atoms with Gasteiger partial charge in [-0.1, -0.05) is 29.3 Å². The standard InChI is InChI=1S/C14H10Cl2N2O2/c15-12-6-1-9(7-13(12)16)8-17-18-11-4-2-10(3-5-11)14(19)20/h1-8,18H,(H,19,20)/b17-8+. The summed E-state index contributed by atoms with van der Waals surface area (Å²) in [6, 6.07) is 11.4. The van der Waals surface area contributed by atoms with Gasteiger partial charge in [-0.05, 0) is 42.0 Å². The molecule has 0 aliphatic rings. The van der Waals surface area contributed by atoms with E-state index in [2.05, 4.69) is 10.5 Å².